The molecule has 7 heteroatoms. The molecule has 1 saturated heterocycles. The van der Waals surface area contributed by atoms with Gasteiger partial charge in [0.15, 0.2) is 0 Å². The minimum absolute atomic E-state index is 0.0696. The van der Waals surface area contributed by atoms with Crippen LogP contribution < -0.4 is 0 Å². The third-order valence-corrected chi connectivity index (χ3v) is 5.88. The van der Waals surface area contributed by atoms with Crippen LogP contribution in [0.4, 0.5) is 4.39 Å². The van der Waals surface area contributed by atoms with Gasteiger partial charge in [-0.3, -0.25) is 4.79 Å². The maximum atomic E-state index is 13.0. The number of halogens is 2. The van der Waals surface area contributed by atoms with Gasteiger partial charge in [-0.15, -0.1) is 0 Å². The highest BCUT2D eigenvalue weighted by Crippen LogP contribution is 2.32. The van der Waals surface area contributed by atoms with E-state index in [0.717, 1.165) is 34.1 Å². The Morgan fingerprint density at radius 3 is 2.26 bits per heavy atom. The van der Waals surface area contributed by atoms with Crippen molar-refractivity contribution in [3.8, 4) is 0 Å². The first kappa shape index (κ1) is 16.0. The Labute approximate surface area is 138 Å². The fourth-order valence-electron chi connectivity index (χ4n) is 2.60. The van der Waals surface area contributed by atoms with Gasteiger partial charge in [-0.1, -0.05) is 23.7 Å². The number of hydrogen-bond donors (Lipinski definition) is 0. The summed E-state index contributed by atoms with van der Waals surface area (Å²) in [5.74, 6) is -1.21. The van der Waals surface area contributed by atoms with Gasteiger partial charge in [0.2, 0.25) is 5.91 Å². The van der Waals surface area contributed by atoms with Gasteiger partial charge in [0.05, 0.1) is 4.90 Å². The summed E-state index contributed by atoms with van der Waals surface area (Å²) in [5, 5.41) is 0.578. The van der Waals surface area contributed by atoms with E-state index in [0.29, 0.717) is 5.02 Å². The van der Waals surface area contributed by atoms with Crippen molar-refractivity contribution >= 4 is 27.5 Å². The molecule has 2 aromatic carbocycles. The summed E-state index contributed by atoms with van der Waals surface area (Å²) < 4.78 is 38.9. The number of hydrogen-bond acceptors (Lipinski definition) is 3. The van der Waals surface area contributed by atoms with Gasteiger partial charge in [0, 0.05) is 23.9 Å². The van der Waals surface area contributed by atoms with E-state index in [9.17, 15) is 17.6 Å². The highest BCUT2D eigenvalue weighted by molar-refractivity contribution is 7.89. The molecule has 0 N–H and O–H groups in total. The van der Waals surface area contributed by atoms with Crippen molar-refractivity contribution in [3.05, 3.63) is 64.9 Å². The van der Waals surface area contributed by atoms with Crippen LogP contribution >= 0.6 is 11.6 Å². The van der Waals surface area contributed by atoms with Gasteiger partial charge in [0.25, 0.3) is 10.0 Å². The Morgan fingerprint density at radius 2 is 1.65 bits per heavy atom. The zero-order valence-electron chi connectivity index (χ0n) is 11.9. The Morgan fingerprint density at radius 1 is 1.04 bits per heavy atom. The van der Waals surface area contributed by atoms with Gasteiger partial charge < -0.3 is 0 Å². The number of rotatable bonds is 3. The molecule has 120 valence electrons. The molecule has 4 nitrogen and oxygen atoms in total. The molecule has 1 atom stereocenters. The van der Waals surface area contributed by atoms with Crippen molar-refractivity contribution in [1.82, 2.24) is 4.31 Å². The van der Waals surface area contributed by atoms with E-state index < -0.39 is 21.7 Å². The van der Waals surface area contributed by atoms with Crippen LogP contribution in [0.3, 0.4) is 0 Å². The highest BCUT2D eigenvalue weighted by atomic mass is 35.5. The number of sulfonamides is 1. The lowest BCUT2D eigenvalue weighted by atomic mass is 9.99. The summed E-state index contributed by atoms with van der Waals surface area (Å²) in [5.41, 5.74) is 0.861. The fourth-order valence-corrected chi connectivity index (χ4v) is 4.18. The third-order valence-electron chi connectivity index (χ3n) is 3.83. The van der Waals surface area contributed by atoms with Gasteiger partial charge in [-0.25, -0.2) is 17.1 Å². The lowest BCUT2D eigenvalue weighted by molar-refractivity contribution is -0.123. The zero-order chi connectivity index (χ0) is 16.6. The minimum Gasteiger partial charge on any atom is -0.274 e. The quantitative estimate of drug-likeness (QED) is 0.851. The van der Waals surface area contributed by atoms with Crippen molar-refractivity contribution in [1.29, 1.82) is 0 Å². The molecule has 3 rings (SSSR count). The predicted molar refractivity (Wildman–Crippen MR) is 84.1 cm³/mol. The molecule has 0 saturated carbocycles. The molecule has 1 amide bonds. The topological polar surface area (TPSA) is 54.5 Å². The van der Waals surface area contributed by atoms with E-state index in [-0.39, 0.29) is 23.8 Å². The molecular weight excluding hydrogens is 341 g/mol. The molecule has 0 radical (unpaired) electrons. The molecule has 1 fully saturated rings. The van der Waals surface area contributed by atoms with E-state index >= 15 is 0 Å². The van der Waals surface area contributed by atoms with Crippen molar-refractivity contribution < 1.29 is 17.6 Å². The molecule has 23 heavy (non-hydrogen) atoms. The van der Waals surface area contributed by atoms with E-state index in [4.69, 9.17) is 11.6 Å². The van der Waals surface area contributed by atoms with Gasteiger partial charge in [-0.2, -0.15) is 0 Å². The molecule has 0 spiro atoms. The van der Waals surface area contributed by atoms with Crippen molar-refractivity contribution in [2.75, 3.05) is 6.54 Å². The van der Waals surface area contributed by atoms with Crippen LogP contribution in [0.5, 0.6) is 0 Å². The number of carbonyl (C=O) groups excluding carboxylic acids is 1. The van der Waals surface area contributed by atoms with Crippen molar-refractivity contribution in [2.45, 2.75) is 17.2 Å². The van der Waals surface area contributed by atoms with Crippen LogP contribution in [0.1, 0.15) is 17.9 Å². The number of amides is 1. The largest absolute Gasteiger partial charge is 0.274 e. The number of carbonyl (C=O) groups is 1. The van der Waals surface area contributed by atoms with Gasteiger partial charge in [-0.05, 0) is 42.0 Å². The van der Waals surface area contributed by atoms with E-state index in [1.54, 1.807) is 24.3 Å². The van der Waals surface area contributed by atoms with Crippen LogP contribution in [-0.2, 0) is 14.8 Å². The molecular formula is C16H13ClFNO3S. The summed E-state index contributed by atoms with van der Waals surface area (Å²) in [7, 11) is -3.96. The summed E-state index contributed by atoms with van der Waals surface area (Å²) in [6.45, 7) is 0.0696. The smallest absolute Gasteiger partial charge is 0.266 e. The second-order valence-corrected chi connectivity index (χ2v) is 7.64. The van der Waals surface area contributed by atoms with Crippen molar-refractivity contribution in [3.63, 3.8) is 0 Å². The van der Waals surface area contributed by atoms with E-state index in [2.05, 4.69) is 0 Å². The highest BCUT2D eigenvalue weighted by Gasteiger charge is 2.38. The zero-order valence-corrected chi connectivity index (χ0v) is 13.5. The molecule has 1 heterocycles. The van der Waals surface area contributed by atoms with E-state index in [1.807, 2.05) is 0 Å². The Hall–Kier alpha value is -1.92. The van der Waals surface area contributed by atoms with Gasteiger partial charge >= 0.3 is 0 Å². The summed E-state index contributed by atoms with van der Waals surface area (Å²) >= 11 is 5.84. The molecule has 0 bridgehead atoms. The molecule has 0 aromatic heterocycles. The van der Waals surface area contributed by atoms with Crippen LogP contribution in [0.15, 0.2) is 53.4 Å². The first-order valence-corrected chi connectivity index (χ1v) is 8.76. The van der Waals surface area contributed by atoms with E-state index in [1.165, 1.54) is 0 Å². The predicted octanol–water partition coefficient (Wildman–Crippen LogP) is 3.18. The monoisotopic (exact) mass is 353 g/mol. The standard InChI is InChI=1S/C16H13ClFNO3S/c17-13-3-1-11(2-4-13)12-9-16(20)19(10-12)23(21,22)15-7-5-14(18)6-8-15/h1-8,12H,9-10H2. The first-order valence-electron chi connectivity index (χ1n) is 6.94. The second-order valence-electron chi connectivity index (χ2n) is 5.34. The Bertz CT molecular complexity index is 835. The molecule has 1 aliphatic rings. The SMILES string of the molecule is O=C1CC(c2ccc(Cl)cc2)CN1S(=O)(=O)c1ccc(F)cc1. The first-order chi connectivity index (χ1) is 10.9. The maximum absolute atomic E-state index is 13.0. The van der Waals surface area contributed by atoms with Crippen LogP contribution in [0.25, 0.3) is 0 Å². The lowest BCUT2D eigenvalue weighted by Gasteiger charge is -2.17. The normalized spacial score (nSPS) is 18.4. The molecule has 1 aliphatic heterocycles. The maximum Gasteiger partial charge on any atom is 0.266 e. The second kappa shape index (κ2) is 5.94. The summed E-state index contributed by atoms with van der Waals surface area (Å²) in [4.78, 5) is 12.1. The third kappa shape index (κ3) is 3.09. The van der Waals surface area contributed by atoms with Gasteiger partial charge in [0.1, 0.15) is 5.82 Å². The number of benzene rings is 2. The van der Waals surface area contributed by atoms with Crippen LogP contribution in [-0.4, -0.2) is 25.2 Å². The Kier molecular flexibility index (Phi) is 4.12. The van der Waals surface area contributed by atoms with Crippen molar-refractivity contribution in [2.24, 2.45) is 0 Å². The number of nitrogens with zero attached hydrogens (tertiary/aromatic N) is 1. The average Bonchev–Trinajstić information content (AvgIpc) is 2.91. The van der Waals surface area contributed by atoms with Crippen LogP contribution in [0.2, 0.25) is 5.02 Å². The molecule has 1 unspecified atom stereocenters. The Balaban J connectivity index is 1.87. The minimum atomic E-state index is -3.96. The average molecular weight is 354 g/mol. The fraction of sp³-hybridized carbons (Fsp3) is 0.188. The summed E-state index contributed by atoms with van der Waals surface area (Å²) in [6.07, 6.45) is 0.113. The lowest BCUT2D eigenvalue weighted by Crippen LogP contribution is -2.32. The van der Waals surface area contributed by atoms with Crippen LogP contribution in [0, 0.1) is 5.82 Å². The molecule has 0 aliphatic carbocycles. The molecule has 2 aromatic rings. The summed E-state index contributed by atoms with van der Waals surface area (Å²) in [6, 6.07) is 11.4.